The van der Waals surface area contributed by atoms with Crippen LogP contribution in [0, 0.1) is 5.82 Å². The largest absolute Gasteiger partial charge is 0.462 e. The van der Waals surface area contributed by atoms with Crippen LogP contribution in [0.3, 0.4) is 0 Å². The van der Waals surface area contributed by atoms with Crippen LogP contribution in [0.15, 0.2) is 18.2 Å². The fourth-order valence-corrected chi connectivity index (χ4v) is 1.70. The van der Waals surface area contributed by atoms with Crippen molar-refractivity contribution in [3.05, 3.63) is 29.6 Å². The smallest absolute Gasteiger partial charge is 0.343 e. The number of ether oxygens (including phenoxy) is 1. The summed E-state index contributed by atoms with van der Waals surface area (Å²) in [6.07, 6.45) is 5.32. The molecule has 0 atom stereocenters. The number of nitrogen functional groups attached to an aromatic ring is 1. The van der Waals surface area contributed by atoms with E-state index in [-0.39, 0.29) is 11.3 Å². The highest BCUT2D eigenvalue weighted by Crippen LogP contribution is 2.16. The summed E-state index contributed by atoms with van der Waals surface area (Å²) in [6, 6.07) is 4.15. The van der Waals surface area contributed by atoms with E-state index in [4.69, 9.17) is 10.5 Å². The number of unbranched alkanes of at least 4 members (excludes halogenated alkanes) is 4. The molecule has 0 heterocycles. The van der Waals surface area contributed by atoms with E-state index >= 15 is 0 Å². The number of hydrogen-bond donors (Lipinski definition) is 1. The van der Waals surface area contributed by atoms with E-state index in [1.165, 1.54) is 31.0 Å². The maximum Gasteiger partial charge on any atom is 0.343 e. The molecule has 3 nitrogen and oxygen atoms in total. The van der Waals surface area contributed by atoms with Crippen molar-refractivity contribution < 1.29 is 13.9 Å². The quantitative estimate of drug-likeness (QED) is 0.459. The summed E-state index contributed by atoms with van der Waals surface area (Å²) >= 11 is 0. The Morgan fingerprint density at radius 2 is 2.00 bits per heavy atom. The molecule has 1 aromatic carbocycles. The Balaban J connectivity index is 2.37. The molecular formula is C14H20FNO2. The van der Waals surface area contributed by atoms with E-state index in [1.54, 1.807) is 0 Å². The first-order chi connectivity index (χ1) is 8.66. The average Bonchev–Trinajstić information content (AvgIpc) is 2.33. The van der Waals surface area contributed by atoms with Crippen molar-refractivity contribution in [2.75, 3.05) is 12.3 Å². The van der Waals surface area contributed by atoms with Crippen LogP contribution in [0.4, 0.5) is 10.1 Å². The molecule has 0 fully saturated rings. The minimum absolute atomic E-state index is 0.117. The molecule has 0 radical (unpaired) electrons. The Morgan fingerprint density at radius 3 is 2.67 bits per heavy atom. The van der Waals surface area contributed by atoms with Gasteiger partial charge in [-0.2, -0.15) is 0 Å². The number of nitrogens with two attached hydrogens (primary N) is 1. The van der Waals surface area contributed by atoms with Crippen LogP contribution in [-0.4, -0.2) is 12.6 Å². The molecule has 4 heteroatoms. The Labute approximate surface area is 107 Å². The molecule has 1 aromatic rings. The van der Waals surface area contributed by atoms with Gasteiger partial charge in [0.1, 0.15) is 11.4 Å². The third-order valence-electron chi connectivity index (χ3n) is 2.73. The van der Waals surface area contributed by atoms with Crippen LogP contribution >= 0.6 is 0 Å². The average molecular weight is 253 g/mol. The molecule has 0 saturated carbocycles. The van der Waals surface area contributed by atoms with Gasteiger partial charge in [0, 0.05) is 5.69 Å². The standard InChI is InChI=1S/C14H20FNO2/c1-2-3-4-5-6-10-18-14(17)13-11(15)8-7-9-12(13)16/h7-9H,2-6,10,16H2,1H3. The molecule has 0 aliphatic heterocycles. The third-order valence-corrected chi connectivity index (χ3v) is 2.73. The van der Waals surface area contributed by atoms with Gasteiger partial charge in [0.05, 0.1) is 6.61 Å². The molecule has 1 rings (SSSR count). The number of carbonyl (C=O) groups is 1. The van der Waals surface area contributed by atoms with Crippen LogP contribution in [0.5, 0.6) is 0 Å². The molecule has 2 N–H and O–H groups in total. The van der Waals surface area contributed by atoms with Gasteiger partial charge in [-0.3, -0.25) is 0 Å². The van der Waals surface area contributed by atoms with Gasteiger partial charge in [-0.1, -0.05) is 38.7 Å². The first kappa shape index (κ1) is 14.5. The van der Waals surface area contributed by atoms with Crippen molar-refractivity contribution in [1.82, 2.24) is 0 Å². The van der Waals surface area contributed by atoms with E-state index in [1.807, 2.05) is 0 Å². The molecule has 18 heavy (non-hydrogen) atoms. The summed E-state index contributed by atoms with van der Waals surface area (Å²) in [6.45, 7) is 2.46. The second kappa shape index (κ2) is 7.69. The summed E-state index contributed by atoms with van der Waals surface area (Å²) in [5.74, 6) is -1.31. The normalized spacial score (nSPS) is 10.3. The number of anilines is 1. The SMILES string of the molecule is CCCCCCCOC(=O)c1c(N)cccc1F. The molecule has 100 valence electrons. The van der Waals surface area contributed by atoms with Gasteiger partial charge in [0.2, 0.25) is 0 Å². The highest BCUT2D eigenvalue weighted by atomic mass is 19.1. The molecule has 0 aliphatic rings. The number of hydrogen-bond acceptors (Lipinski definition) is 3. The fraction of sp³-hybridized carbons (Fsp3) is 0.500. The zero-order valence-electron chi connectivity index (χ0n) is 10.7. The van der Waals surface area contributed by atoms with Gasteiger partial charge in [0.25, 0.3) is 0 Å². The fourth-order valence-electron chi connectivity index (χ4n) is 1.70. The molecule has 0 saturated heterocycles. The molecule has 0 bridgehead atoms. The van der Waals surface area contributed by atoms with E-state index in [0.29, 0.717) is 6.61 Å². The first-order valence-corrected chi connectivity index (χ1v) is 6.38. The second-order valence-electron chi connectivity index (χ2n) is 4.25. The van der Waals surface area contributed by atoms with E-state index in [2.05, 4.69) is 6.92 Å². The predicted molar refractivity (Wildman–Crippen MR) is 69.9 cm³/mol. The molecule has 0 aliphatic carbocycles. The minimum Gasteiger partial charge on any atom is -0.462 e. The van der Waals surface area contributed by atoms with E-state index < -0.39 is 11.8 Å². The second-order valence-corrected chi connectivity index (χ2v) is 4.25. The van der Waals surface area contributed by atoms with Gasteiger partial charge in [-0.15, -0.1) is 0 Å². The maximum absolute atomic E-state index is 13.4. The monoisotopic (exact) mass is 253 g/mol. The topological polar surface area (TPSA) is 52.3 Å². The molecular weight excluding hydrogens is 233 g/mol. The Morgan fingerprint density at radius 1 is 1.28 bits per heavy atom. The summed E-state index contributed by atoms with van der Waals surface area (Å²) in [5, 5.41) is 0. The maximum atomic E-state index is 13.4. The number of rotatable bonds is 7. The highest BCUT2D eigenvalue weighted by molar-refractivity contribution is 5.95. The third kappa shape index (κ3) is 4.35. The van der Waals surface area contributed by atoms with Crippen molar-refractivity contribution in [1.29, 1.82) is 0 Å². The lowest BCUT2D eigenvalue weighted by Gasteiger charge is -2.07. The number of benzene rings is 1. The van der Waals surface area contributed by atoms with Crippen LogP contribution in [0.25, 0.3) is 0 Å². The summed E-state index contributed by atoms with van der Waals surface area (Å²) in [5.41, 5.74) is 5.51. The Bertz CT molecular complexity index is 373. The first-order valence-electron chi connectivity index (χ1n) is 6.38. The van der Waals surface area contributed by atoms with Gasteiger partial charge >= 0.3 is 5.97 Å². The van der Waals surface area contributed by atoms with Crippen LogP contribution in [0.2, 0.25) is 0 Å². The zero-order chi connectivity index (χ0) is 13.4. The minimum atomic E-state index is -0.680. The van der Waals surface area contributed by atoms with Crippen molar-refractivity contribution in [3.63, 3.8) is 0 Å². The van der Waals surface area contributed by atoms with Crippen LogP contribution in [-0.2, 0) is 4.74 Å². The van der Waals surface area contributed by atoms with Gasteiger partial charge < -0.3 is 10.5 Å². The Kier molecular flexibility index (Phi) is 6.19. The number of halogens is 1. The van der Waals surface area contributed by atoms with Crippen LogP contribution < -0.4 is 5.73 Å². The van der Waals surface area contributed by atoms with Crippen molar-refractivity contribution >= 4 is 11.7 Å². The summed E-state index contributed by atoms with van der Waals surface area (Å²) in [7, 11) is 0. The van der Waals surface area contributed by atoms with E-state index in [9.17, 15) is 9.18 Å². The lowest BCUT2D eigenvalue weighted by atomic mass is 10.1. The van der Waals surface area contributed by atoms with Gasteiger partial charge in [-0.25, -0.2) is 9.18 Å². The molecule has 0 aromatic heterocycles. The predicted octanol–water partition coefficient (Wildman–Crippen LogP) is 3.54. The summed E-state index contributed by atoms with van der Waals surface area (Å²) in [4.78, 5) is 11.6. The van der Waals surface area contributed by atoms with Crippen molar-refractivity contribution in [2.24, 2.45) is 0 Å². The number of carbonyl (C=O) groups excluding carboxylic acids is 1. The van der Waals surface area contributed by atoms with Gasteiger partial charge in [0.15, 0.2) is 0 Å². The molecule has 0 spiro atoms. The van der Waals surface area contributed by atoms with Crippen molar-refractivity contribution in [3.8, 4) is 0 Å². The van der Waals surface area contributed by atoms with E-state index in [0.717, 1.165) is 19.3 Å². The lowest BCUT2D eigenvalue weighted by molar-refractivity contribution is 0.0493. The van der Waals surface area contributed by atoms with Crippen LogP contribution in [0.1, 0.15) is 49.4 Å². The highest BCUT2D eigenvalue weighted by Gasteiger charge is 2.16. The van der Waals surface area contributed by atoms with Gasteiger partial charge in [-0.05, 0) is 18.6 Å². The molecule has 0 amide bonds. The lowest BCUT2D eigenvalue weighted by Crippen LogP contribution is -2.11. The summed E-state index contributed by atoms with van der Waals surface area (Å²) < 4.78 is 18.4. The zero-order valence-corrected chi connectivity index (χ0v) is 10.7. The molecule has 0 unspecified atom stereocenters. The number of esters is 1. The van der Waals surface area contributed by atoms with Crippen molar-refractivity contribution in [2.45, 2.75) is 39.0 Å². The Hall–Kier alpha value is -1.58.